The fourth-order valence-corrected chi connectivity index (χ4v) is 5.17. The summed E-state index contributed by atoms with van der Waals surface area (Å²) in [5, 5.41) is 7.83. The van der Waals surface area contributed by atoms with E-state index in [1.807, 2.05) is 59.2 Å². The molecule has 1 saturated heterocycles. The molecule has 1 fully saturated rings. The molecule has 0 saturated carbocycles. The predicted molar refractivity (Wildman–Crippen MR) is 153 cm³/mol. The lowest BCUT2D eigenvalue weighted by Gasteiger charge is -2.41. The topological polar surface area (TPSA) is 133 Å². The van der Waals surface area contributed by atoms with E-state index in [1.165, 1.54) is 7.11 Å². The van der Waals surface area contributed by atoms with E-state index in [4.69, 9.17) is 4.74 Å². The van der Waals surface area contributed by atoms with Crippen LogP contribution in [0.1, 0.15) is 27.6 Å². The highest BCUT2D eigenvalue weighted by Crippen LogP contribution is 2.35. The van der Waals surface area contributed by atoms with Crippen molar-refractivity contribution in [3.05, 3.63) is 90.7 Å². The third kappa shape index (κ3) is 4.71. The average Bonchev–Trinajstić information content (AvgIpc) is 3.69. The lowest BCUT2D eigenvalue weighted by atomic mass is 10.0. The van der Waals surface area contributed by atoms with E-state index >= 15 is 0 Å². The van der Waals surface area contributed by atoms with Gasteiger partial charge in [0.1, 0.15) is 11.4 Å². The van der Waals surface area contributed by atoms with Crippen molar-refractivity contribution in [2.45, 2.75) is 13.0 Å². The molecule has 1 atom stereocenters. The number of methoxy groups -OCH3 is 1. The van der Waals surface area contributed by atoms with Gasteiger partial charge in [0.15, 0.2) is 11.6 Å². The number of amides is 1. The van der Waals surface area contributed by atoms with Crippen molar-refractivity contribution in [1.29, 1.82) is 0 Å². The van der Waals surface area contributed by atoms with Crippen molar-refractivity contribution in [3.63, 3.8) is 0 Å². The predicted octanol–water partition coefficient (Wildman–Crippen LogP) is 3.96. The minimum atomic E-state index is -0.240. The third-order valence-corrected chi connectivity index (χ3v) is 7.32. The molecule has 1 aliphatic heterocycles. The summed E-state index contributed by atoms with van der Waals surface area (Å²) < 4.78 is 5.59. The van der Waals surface area contributed by atoms with Crippen molar-refractivity contribution in [2.24, 2.45) is 0 Å². The summed E-state index contributed by atoms with van der Waals surface area (Å²) in [6.45, 7) is 7.59. The number of ketones is 1. The molecule has 41 heavy (non-hydrogen) atoms. The number of aromatic amines is 2. The molecule has 0 bridgehead atoms. The number of H-pyrrole nitrogens is 2. The summed E-state index contributed by atoms with van der Waals surface area (Å²) in [5.74, 6) is 1.10. The molecule has 0 unspecified atom stereocenters. The first-order valence-electron chi connectivity index (χ1n) is 13.2. The number of aromatic nitrogens is 6. The minimum absolute atomic E-state index is 0.0183. The molecule has 11 nitrogen and oxygen atoms in total. The summed E-state index contributed by atoms with van der Waals surface area (Å²) in [6.07, 6.45) is 6.57. The van der Waals surface area contributed by atoms with E-state index in [0.717, 1.165) is 5.56 Å². The van der Waals surface area contributed by atoms with Crippen LogP contribution in [-0.4, -0.2) is 84.4 Å². The Bertz CT molecular complexity index is 1750. The molecule has 1 amide bonds. The van der Waals surface area contributed by atoms with Crippen LogP contribution in [-0.2, 0) is 0 Å². The maximum atomic E-state index is 13.8. The van der Waals surface area contributed by atoms with Gasteiger partial charge in [0.05, 0.1) is 35.5 Å². The standard InChI is InChI=1S/C30H28N8O3/c1-18-17-37(12-13-38(18)30(40)20-8-5-4-6-9-20)19(2)27(39)22-15-32-25-24(22)23(41-3)16-33-26(25)29-34-28(35-36-29)21-10-7-11-31-14-21/h4-11,14-16,18,32H,2,12-13,17H2,1,3H3,(H,34,35,36)/t18-/m1/s1. The SMILES string of the molecule is C=C(C(=O)c1c[nH]c2c(-c3nc(-c4cccnc4)n[nH]3)ncc(OC)c12)N1CCN(C(=O)c2ccccc2)[C@H](C)C1. The second-order valence-corrected chi connectivity index (χ2v) is 9.81. The van der Waals surface area contributed by atoms with Crippen molar-refractivity contribution < 1.29 is 14.3 Å². The molecule has 0 radical (unpaired) electrons. The largest absolute Gasteiger partial charge is 0.494 e. The summed E-state index contributed by atoms with van der Waals surface area (Å²) in [7, 11) is 1.53. The quantitative estimate of drug-likeness (QED) is 0.231. The molecule has 4 aromatic heterocycles. The van der Waals surface area contributed by atoms with Crippen LogP contribution in [0.3, 0.4) is 0 Å². The number of ether oxygens (including phenoxy) is 1. The number of carbonyl (C=O) groups is 2. The number of pyridine rings is 2. The molecular weight excluding hydrogens is 520 g/mol. The van der Waals surface area contributed by atoms with E-state index in [-0.39, 0.29) is 17.7 Å². The van der Waals surface area contributed by atoms with Crippen molar-refractivity contribution >= 4 is 22.6 Å². The van der Waals surface area contributed by atoms with Crippen LogP contribution in [0.2, 0.25) is 0 Å². The van der Waals surface area contributed by atoms with Crippen LogP contribution in [0, 0.1) is 0 Å². The molecule has 5 aromatic rings. The van der Waals surface area contributed by atoms with Crippen molar-refractivity contribution in [3.8, 4) is 28.7 Å². The van der Waals surface area contributed by atoms with E-state index in [0.29, 0.717) is 70.5 Å². The molecule has 206 valence electrons. The van der Waals surface area contributed by atoms with Gasteiger partial charge in [-0.2, -0.15) is 5.10 Å². The normalized spacial score (nSPS) is 15.2. The Balaban J connectivity index is 1.26. The Kier molecular flexibility index (Phi) is 6.76. The van der Waals surface area contributed by atoms with Gasteiger partial charge in [-0.05, 0) is 31.2 Å². The van der Waals surface area contributed by atoms with Crippen LogP contribution >= 0.6 is 0 Å². The lowest BCUT2D eigenvalue weighted by Crippen LogP contribution is -2.54. The number of Topliss-reactive ketones (excluding diaryl/α,β-unsaturated/α-hetero) is 1. The first-order valence-corrected chi connectivity index (χ1v) is 13.2. The molecule has 6 rings (SSSR count). The average molecular weight is 549 g/mol. The van der Waals surface area contributed by atoms with Gasteiger partial charge in [-0.25, -0.2) is 9.97 Å². The number of carbonyl (C=O) groups excluding carboxylic acids is 2. The molecule has 11 heteroatoms. The summed E-state index contributed by atoms with van der Waals surface area (Å²) in [6, 6.07) is 12.8. The van der Waals surface area contributed by atoms with Crippen LogP contribution < -0.4 is 4.74 Å². The van der Waals surface area contributed by atoms with Crippen molar-refractivity contribution in [1.82, 2.24) is 39.9 Å². The fourth-order valence-electron chi connectivity index (χ4n) is 5.17. The van der Waals surface area contributed by atoms with Gasteiger partial charge >= 0.3 is 0 Å². The zero-order valence-corrected chi connectivity index (χ0v) is 22.7. The number of nitrogens with one attached hydrogen (secondary N) is 2. The fraction of sp³-hybridized carbons (Fsp3) is 0.200. The van der Waals surface area contributed by atoms with Crippen LogP contribution in [0.15, 0.2) is 79.5 Å². The highest BCUT2D eigenvalue weighted by molar-refractivity contribution is 6.18. The number of hydrogen-bond acceptors (Lipinski definition) is 8. The highest BCUT2D eigenvalue weighted by atomic mass is 16.5. The van der Waals surface area contributed by atoms with Gasteiger partial charge in [0, 0.05) is 55.4 Å². The smallest absolute Gasteiger partial charge is 0.254 e. The molecule has 1 aliphatic rings. The lowest BCUT2D eigenvalue weighted by molar-refractivity contribution is 0.0536. The second kappa shape index (κ2) is 10.7. The number of piperazine rings is 1. The van der Waals surface area contributed by atoms with Gasteiger partial charge in [0.2, 0.25) is 5.78 Å². The maximum absolute atomic E-state index is 13.8. The first-order chi connectivity index (χ1) is 20.0. The zero-order chi connectivity index (χ0) is 28.5. The summed E-state index contributed by atoms with van der Waals surface area (Å²) in [5.41, 5.74) is 3.25. The number of fused-ring (bicyclic) bond motifs is 1. The van der Waals surface area contributed by atoms with E-state index < -0.39 is 0 Å². The van der Waals surface area contributed by atoms with Gasteiger partial charge in [-0.1, -0.05) is 24.8 Å². The number of rotatable bonds is 7. The Morgan fingerprint density at radius 3 is 2.66 bits per heavy atom. The van der Waals surface area contributed by atoms with Gasteiger partial charge in [-0.15, -0.1) is 0 Å². The van der Waals surface area contributed by atoms with Gasteiger partial charge < -0.3 is 19.5 Å². The van der Waals surface area contributed by atoms with E-state index in [1.54, 1.807) is 24.8 Å². The van der Waals surface area contributed by atoms with Crippen LogP contribution in [0.25, 0.3) is 33.8 Å². The summed E-state index contributed by atoms with van der Waals surface area (Å²) >= 11 is 0. The molecule has 2 N–H and O–H groups in total. The number of benzene rings is 1. The van der Waals surface area contributed by atoms with Crippen LogP contribution in [0.5, 0.6) is 5.75 Å². The summed E-state index contributed by atoms with van der Waals surface area (Å²) in [4.78, 5) is 47.1. The molecule has 5 heterocycles. The number of nitrogens with zero attached hydrogens (tertiary/aromatic N) is 6. The second-order valence-electron chi connectivity index (χ2n) is 9.81. The Morgan fingerprint density at radius 1 is 1.10 bits per heavy atom. The Labute approximate surface area is 235 Å². The molecule has 1 aromatic carbocycles. The molecule has 0 spiro atoms. The van der Waals surface area contributed by atoms with Gasteiger partial charge in [-0.3, -0.25) is 19.7 Å². The van der Waals surface area contributed by atoms with Crippen molar-refractivity contribution in [2.75, 3.05) is 26.7 Å². The van der Waals surface area contributed by atoms with E-state index in [2.05, 4.69) is 36.7 Å². The van der Waals surface area contributed by atoms with Crippen LogP contribution in [0.4, 0.5) is 0 Å². The number of hydrogen-bond donors (Lipinski definition) is 2. The van der Waals surface area contributed by atoms with E-state index in [9.17, 15) is 9.59 Å². The maximum Gasteiger partial charge on any atom is 0.254 e. The third-order valence-electron chi connectivity index (χ3n) is 7.32. The Morgan fingerprint density at radius 2 is 1.93 bits per heavy atom. The minimum Gasteiger partial charge on any atom is -0.494 e. The highest BCUT2D eigenvalue weighted by Gasteiger charge is 2.31. The van der Waals surface area contributed by atoms with Gasteiger partial charge in [0.25, 0.3) is 5.91 Å². The first kappa shape index (κ1) is 25.9. The molecular formula is C30H28N8O3. The Hall–Kier alpha value is -5.32. The number of allylic oxidation sites excluding steroid dienone is 1. The zero-order valence-electron chi connectivity index (χ0n) is 22.7. The molecule has 0 aliphatic carbocycles. The monoisotopic (exact) mass is 548 g/mol.